The van der Waals surface area contributed by atoms with Gasteiger partial charge >= 0.3 is 0 Å². The van der Waals surface area contributed by atoms with E-state index in [2.05, 4.69) is 35.8 Å². The van der Waals surface area contributed by atoms with Gasteiger partial charge in [0.2, 0.25) is 10.0 Å². The molecule has 3 aromatic rings. The number of benzene rings is 1. The average molecular weight is 517 g/mol. The molecular weight excluding hydrogens is 480 g/mol. The zero-order valence-corrected chi connectivity index (χ0v) is 22.7. The number of fused-ring (bicyclic) bond motifs is 1. The molecule has 1 N–H and O–H groups in total. The monoisotopic (exact) mass is 516 g/mol. The molecule has 1 saturated heterocycles. The third-order valence-corrected chi connectivity index (χ3v) is 8.65. The Balaban J connectivity index is 1.83. The van der Waals surface area contributed by atoms with Crippen LogP contribution in [0.5, 0.6) is 5.75 Å². The van der Waals surface area contributed by atoms with Crippen LogP contribution in [0.25, 0.3) is 22.4 Å². The number of hydrogen-bond acceptors (Lipinski definition) is 7. The fraction of sp³-hybridized carbons (Fsp3) is 0.560. The largest absolute Gasteiger partial charge is 0.493 e. The van der Waals surface area contributed by atoms with Crippen molar-refractivity contribution in [1.29, 1.82) is 0 Å². The maximum absolute atomic E-state index is 13.7. The van der Waals surface area contributed by atoms with E-state index in [9.17, 15) is 13.2 Å². The van der Waals surface area contributed by atoms with Gasteiger partial charge in [-0.2, -0.15) is 9.40 Å². The molecule has 0 radical (unpaired) electrons. The number of H-pyrrole nitrogens is 1. The van der Waals surface area contributed by atoms with Crippen LogP contribution in [0.2, 0.25) is 0 Å². The highest BCUT2D eigenvalue weighted by Crippen LogP contribution is 2.33. The first-order valence-electron chi connectivity index (χ1n) is 12.6. The number of aromatic amines is 1. The molecule has 36 heavy (non-hydrogen) atoms. The summed E-state index contributed by atoms with van der Waals surface area (Å²) in [5.74, 6) is 0.716. The molecule has 1 aliphatic rings. The van der Waals surface area contributed by atoms with Crippen LogP contribution in [-0.4, -0.2) is 75.7 Å². The molecular formula is C25H36N6O4S. The van der Waals surface area contributed by atoms with Crippen molar-refractivity contribution in [1.82, 2.24) is 29.0 Å². The van der Waals surface area contributed by atoms with E-state index in [1.807, 2.05) is 13.8 Å². The molecule has 10 nitrogen and oxygen atoms in total. The van der Waals surface area contributed by atoms with E-state index in [0.717, 1.165) is 18.7 Å². The second kappa shape index (κ2) is 10.3. The van der Waals surface area contributed by atoms with Crippen LogP contribution >= 0.6 is 0 Å². The normalized spacial score (nSPS) is 19.7. The molecule has 2 aromatic heterocycles. The van der Waals surface area contributed by atoms with Crippen molar-refractivity contribution in [3.05, 3.63) is 34.2 Å². The number of piperazine rings is 1. The van der Waals surface area contributed by atoms with Gasteiger partial charge in [-0.3, -0.25) is 14.4 Å². The number of likely N-dealkylation sites (N-methyl/N-ethyl adjacent to an activating group) is 1. The number of hydrogen-bond donors (Lipinski definition) is 1. The fourth-order valence-electron chi connectivity index (χ4n) is 5.19. The van der Waals surface area contributed by atoms with Crippen molar-refractivity contribution in [2.75, 3.05) is 26.2 Å². The van der Waals surface area contributed by atoms with Gasteiger partial charge in [-0.05, 0) is 51.9 Å². The molecule has 2 unspecified atom stereocenters. The Hall–Kier alpha value is -2.76. The maximum atomic E-state index is 13.7. The molecule has 2 atom stereocenters. The van der Waals surface area contributed by atoms with E-state index >= 15 is 0 Å². The van der Waals surface area contributed by atoms with Gasteiger partial charge in [-0.15, -0.1) is 0 Å². The minimum absolute atomic E-state index is 0.110. The Kier molecular flexibility index (Phi) is 7.53. The molecule has 0 saturated carbocycles. The first-order chi connectivity index (χ1) is 17.1. The lowest BCUT2D eigenvalue weighted by atomic mass is 10.1. The van der Waals surface area contributed by atoms with Crippen LogP contribution in [-0.2, 0) is 23.5 Å². The summed E-state index contributed by atoms with van der Waals surface area (Å²) in [6, 6.07) is 4.98. The minimum atomic E-state index is -3.77. The highest BCUT2D eigenvalue weighted by atomic mass is 32.2. The summed E-state index contributed by atoms with van der Waals surface area (Å²) >= 11 is 0. The van der Waals surface area contributed by atoms with Crippen LogP contribution in [0.3, 0.4) is 0 Å². The van der Waals surface area contributed by atoms with E-state index in [-0.39, 0.29) is 28.4 Å². The van der Waals surface area contributed by atoms with Gasteiger partial charge in [0.05, 0.1) is 22.8 Å². The number of sulfonamides is 1. The van der Waals surface area contributed by atoms with Gasteiger partial charge in [0.25, 0.3) is 5.56 Å². The molecule has 3 heterocycles. The minimum Gasteiger partial charge on any atom is -0.493 e. The molecule has 0 bridgehead atoms. The summed E-state index contributed by atoms with van der Waals surface area (Å²) in [5.41, 5.74) is 1.74. The van der Waals surface area contributed by atoms with Crippen LogP contribution in [0, 0.1) is 0 Å². The number of nitrogens with zero attached hydrogens (tertiary/aromatic N) is 5. The zero-order valence-electron chi connectivity index (χ0n) is 21.9. The third kappa shape index (κ3) is 4.67. The third-order valence-electron chi connectivity index (χ3n) is 6.83. The fourth-order valence-corrected chi connectivity index (χ4v) is 6.82. The molecule has 11 heteroatoms. The molecule has 1 aliphatic heterocycles. The zero-order chi connectivity index (χ0) is 26.2. The van der Waals surface area contributed by atoms with Gasteiger partial charge in [0, 0.05) is 32.2 Å². The number of nitrogens with one attached hydrogen (secondary N) is 1. The Morgan fingerprint density at radius 2 is 1.83 bits per heavy atom. The first kappa shape index (κ1) is 26.3. The van der Waals surface area contributed by atoms with Crippen LogP contribution in [0.1, 0.15) is 46.7 Å². The average Bonchev–Trinajstić information content (AvgIpc) is 3.15. The summed E-state index contributed by atoms with van der Waals surface area (Å²) in [6.45, 7) is 12.2. The smallest absolute Gasteiger partial charge is 0.277 e. The van der Waals surface area contributed by atoms with Gasteiger partial charge in [0.15, 0.2) is 5.52 Å². The van der Waals surface area contributed by atoms with Crippen molar-refractivity contribution in [2.45, 2.75) is 64.4 Å². The molecule has 1 aromatic carbocycles. The summed E-state index contributed by atoms with van der Waals surface area (Å²) in [4.78, 5) is 23.0. The van der Waals surface area contributed by atoms with Gasteiger partial charge in [-0.25, -0.2) is 13.4 Å². The number of rotatable bonds is 8. The Labute approximate surface area is 212 Å². The first-order valence-corrected chi connectivity index (χ1v) is 14.0. The Morgan fingerprint density at radius 3 is 2.44 bits per heavy atom. The van der Waals surface area contributed by atoms with E-state index in [1.54, 1.807) is 34.2 Å². The van der Waals surface area contributed by atoms with Crippen LogP contribution < -0.4 is 10.3 Å². The highest BCUT2D eigenvalue weighted by Gasteiger charge is 2.35. The predicted molar refractivity (Wildman–Crippen MR) is 140 cm³/mol. The number of aryl methyl sites for hydroxylation is 2. The summed E-state index contributed by atoms with van der Waals surface area (Å²) in [7, 11) is -2.05. The lowest BCUT2D eigenvalue weighted by Crippen LogP contribution is -2.57. The topological polar surface area (TPSA) is 113 Å². The van der Waals surface area contributed by atoms with Crippen molar-refractivity contribution >= 4 is 21.1 Å². The summed E-state index contributed by atoms with van der Waals surface area (Å²) in [5, 5.41) is 4.48. The Bertz CT molecular complexity index is 1400. The number of aromatic nitrogens is 4. The molecule has 196 valence electrons. The second-order valence-electron chi connectivity index (χ2n) is 9.37. The molecule has 0 spiro atoms. The van der Waals surface area contributed by atoms with Crippen molar-refractivity contribution in [3.8, 4) is 17.1 Å². The Morgan fingerprint density at radius 1 is 1.14 bits per heavy atom. The molecule has 4 rings (SSSR count). The summed E-state index contributed by atoms with van der Waals surface area (Å²) in [6.07, 6.45) is 1.54. The van der Waals surface area contributed by atoms with Crippen molar-refractivity contribution < 1.29 is 13.2 Å². The summed E-state index contributed by atoms with van der Waals surface area (Å²) < 4.78 is 36.3. The highest BCUT2D eigenvalue weighted by molar-refractivity contribution is 7.89. The van der Waals surface area contributed by atoms with Crippen LogP contribution in [0.15, 0.2) is 27.9 Å². The van der Waals surface area contributed by atoms with Gasteiger partial charge in [-0.1, -0.05) is 20.3 Å². The lowest BCUT2D eigenvalue weighted by Gasteiger charge is -2.43. The van der Waals surface area contributed by atoms with Gasteiger partial charge in [0.1, 0.15) is 17.1 Å². The molecule has 0 amide bonds. The van der Waals surface area contributed by atoms with E-state index in [0.29, 0.717) is 48.5 Å². The van der Waals surface area contributed by atoms with Gasteiger partial charge < -0.3 is 9.72 Å². The van der Waals surface area contributed by atoms with E-state index in [1.165, 1.54) is 0 Å². The van der Waals surface area contributed by atoms with Crippen molar-refractivity contribution in [3.63, 3.8) is 0 Å². The lowest BCUT2D eigenvalue weighted by molar-refractivity contribution is 0.0829. The molecule has 1 fully saturated rings. The van der Waals surface area contributed by atoms with Crippen LogP contribution in [0.4, 0.5) is 0 Å². The standard InChI is InChI=1S/C25H36N6O4S/c1-7-10-20-22-23(29(6)28-20)25(32)27-24(26-22)19-13-18(11-12-21(19)35-9-3)36(33,34)30-14-16(4)31(8-2)17(5)15-30/h11-13,16-17H,7-10,14-15H2,1-6H3,(H,26,27,32). The predicted octanol–water partition coefficient (Wildman–Crippen LogP) is 2.78. The molecule has 0 aliphatic carbocycles. The number of ether oxygens (including phenoxy) is 1. The SMILES string of the molecule is CCCc1nn(C)c2c(=O)[nH]c(-c3cc(S(=O)(=O)N4CC(C)N(CC)C(C)C4)ccc3OCC)nc12. The second-order valence-corrected chi connectivity index (χ2v) is 11.3. The quantitative estimate of drug-likeness (QED) is 0.490. The van der Waals surface area contributed by atoms with E-state index < -0.39 is 10.0 Å². The maximum Gasteiger partial charge on any atom is 0.277 e. The van der Waals surface area contributed by atoms with Crippen molar-refractivity contribution in [2.24, 2.45) is 7.05 Å². The van der Waals surface area contributed by atoms with E-state index in [4.69, 9.17) is 9.72 Å².